The van der Waals surface area contributed by atoms with Gasteiger partial charge in [-0.25, -0.2) is 0 Å². The van der Waals surface area contributed by atoms with Gasteiger partial charge < -0.3 is 10.1 Å². The Morgan fingerprint density at radius 2 is 2.10 bits per heavy atom. The fourth-order valence-corrected chi connectivity index (χ4v) is 1.93. The van der Waals surface area contributed by atoms with Crippen molar-refractivity contribution in [2.75, 3.05) is 6.61 Å². The Bertz CT molecular complexity index is 566. The Morgan fingerprint density at radius 1 is 1.38 bits per heavy atom. The van der Waals surface area contributed by atoms with Crippen LogP contribution in [0.3, 0.4) is 0 Å². The van der Waals surface area contributed by atoms with Gasteiger partial charge in [0.1, 0.15) is 18.4 Å². The number of carbonyl (C=O) groups excluding carboxylic acids is 3. The van der Waals surface area contributed by atoms with E-state index >= 15 is 0 Å². The molecule has 0 saturated carbocycles. The highest BCUT2D eigenvalue weighted by molar-refractivity contribution is 6.03. The average molecular weight is 288 g/mol. The number of nitrogens with one attached hydrogen (secondary N) is 2. The van der Waals surface area contributed by atoms with Crippen molar-refractivity contribution in [2.45, 2.75) is 18.9 Å². The topological polar surface area (TPSA) is 84.5 Å². The first kappa shape index (κ1) is 14.8. The summed E-state index contributed by atoms with van der Waals surface area (Å²) in [5.41, 5.74) is 0.422. The molecule has 0 radical (unpaired) electrons. The third kappa shape index (κ3) is 3.92. The summed E-state index contributed by atoms with van der Waals surface area (Å²) in [5, 5.41) is 4.80. The molecular formula is C15H16N2O4. The Kier molecular flexibility index (Phi) is 4.71. The van der Waals surface area contributed by atoms with E-state index < -0.39 is 11.9 Å². The maximum atomic E-state index is 12.0. The average Bonchev–Trinajstić information content (AvgIpc) is 2.48. The summed E-state index contributed by atoms with van der Waals surface area (Å²) < 4.78 is 5.32. The maximum Gasteiger partial charge on any atom is 0.251 e. The van der Waals surface area contributed by atoms with Crippen LogP contribution in [0.5, 0.6) is 5.75 Å². The van der Waals surface area contributed by atoms with E-state index in [4.69, 9.17) is 4.74 Å². The second-order valence-electron chi connectivity index (χ2n) is 4.60. The molecule has 1 heterocycles. The summed E-state index contributed by atoms with van der Waals surface area (Å²) in [5.74, 6) is -0.507. The number of amides is 3. The number of hydrogen-bond donors (Lipinski definition) is 2. The summed E-state index contributed by atoms with van der Waals surface area (Å²) in [4.78, 5) is 34.6. The van der Waals surface area contributed by atoms with E-state index in [1.807, 2.05) is 0 Å². The van der Waals surface area contributed by atoms with Crippen LogP contribution in [0.2, 0.25) is 0 Å². The Labute approximate surface area is 122 Å². The van der Waals surface area contributed by atoms with E-state index in [2.05, 4.69) is 17.2 Å². The van der Waals surface area contributed by atoms with Gasteiger partial charge in [-0.2, -0.15) is 0 Å². The SMILES string of the molecule is C=CCOc1ccc(C(=O)NC2CCC(=O)NC2=O)cc1. The summed E-state index contributed by atoms with van der Waals surface area (Å²) >= 11 is 0. The molecule has 1 aliphatic heterocycles. The molecule has 2 rings (SSSR count). The van der Waals surface area contributed by atoms with Gasteiger partial charge in [0, 0.05) is 12.0 Å². The van der Waals surface area contributed by atoms with Crippen molar-refractivity contribution < 1.29 is 19.1 Å². The molecule has 1 atom stereocenters. The molecule has 1 aliphatic rings. The number of piperidine rings is 1. The lowest BCUT2D eigenvalue weighted by molar-refractivity contribution is -0.134. The van der Waals surface area contributed by atoms with Crippen LogP contribution >= 0.6 is 0 Å². The van der Waals surface area contributed by atoms with Crippen molar-refractivity contribution in [1.29, 1.82) is 0 Å². The van der Waals surface area contributed by atoms with Crippen LogP contribution < -0.4 is 15.4 Å². The van der Waals surface area contributed by atoms with E-state index in [0.717, 1.165) is 0 Å². The van der Waals surface area contributed by atoms with Crippen molar-refractivity contribution in [3.63, 3.8) is 0 Å². The minimum absolute atomic E-state index is 0.227. The molecule has 1 unspecified atom stereocenters. The van der Waals surface area contributed by atoms with Crippen LogP contribution in [-0.4, -0.2) is 30.4 Å². The molecule has 1 saturated heterocycles. The number of imide groups is 1. The molecule has 6 nitrogen and oxygen atoms in total. The molecule has 2 N–H and O–H groups in total. The van der Waals surface area contributed by atoms with Crippen molar-refractivity contribution in [3.05, 3.63) is 42.5 Å². The summed E-state index contributed by atoms with van der Waals surface area (Å²) in [6, 6.07) is 5.89. The first-order chi connectivity index (χ1) is 10.1. The highest BCUT2D eigenvalue weighted by Gasteiger charge is 2.27. The summed E-state index contributed by atoms with van der Waals surface area (Å²) in [6.07, 6.45) is 2.17. The van der Waals surface area contributed by atoms with E-state index in [9.17, 15) is 14.4 Å². The summed E-state index contributed by atoms with van der Waals surface area (Å²) in [7, 11) is 0. The third-order valence-corrected chi connectivity index (χ3v) is 3.03. The van der Waals surface area contributed by atoms with Crippen molar-refractivity contribution >= 4 is 17.7 Å². The number of carbonyl (C=O) groups is 3. The molecule has 1 aromatic rings. The van der Waals surface area contributed by atoms with Crippen LogP contribution in [-0.2, 0) is 9.59 Å². The van der Waals surface area contributed by atoms with Gasteiger partial charge in [0.05, 0.1) is 0 Å². The number of ether oxygens (including phenoxy) is 1. The van der Waals surface area contributed by atoms with E-state index in [0.29, 0.717) is 24.3 Å². The highest BCUT2D eigenvalue weighted by Crippen LogP contribution is 2.13. The first-order valence-corrected chi connectivity index (χ1v) is 6.58. The monoisotopic (exact) mass is 288 g/mol. The van der Waals surface area contributed by atoms with Gasteiger partial charge in [0.15, 0.2) is 0 Å². The molecule has 110 valence electrons. The van der Waals surface area contributed by atoms with Crippen LogP contribution in [0.25, 0.3) is 0 Å². The fraction of sp³-hybridized carbons (Fsp3) is 0.267. The third-order valence-electron chi connectivity index (χ3n) is 3.03. The number of benzene rings is 1. The predicted molar refractivity (Wildman–Crippen MR) is 75.8 cm³/mol. The van der Waals surface area contributed by atoms with Gasteiger partial charge in [-0.15, -0.1) is 0 Å². The first-order valence-electron chi connectivity index (χ1n) is 6.58. The minimum atomic E-state index is -0.674. The van der Waals surface area contributed by atoms with Gasteiger partial charge >= 0.3 is 0 Å². The van der Waals surface area contributed by atoms with Crippen LogP contribution in [0.15, 0.2) is 36.9 Å². The Hall–Kier alpha value is -2.63. The van der Waals surface area contributed by atoms with Crippen molar-refractivity contribution in [3.8, 4) is 5.75 Å². The van der Waals surface area contributed by atoms with Gasteiger partial charge in [0.25, 0.3) is 5.91 Å². The van der Waals surface area contributed by atoms with Crippen LogP contribution in [0, 0.1) is 0 Å². The normalized spacial score (nSPS) is 17.8. The van der Waals surface area contributed by atoms with Crippen LogP contribution in [0.4, 0.5) is 0 Å². The zero-order valence-corrected chi connectivity index (χ0v) is 11.4. The van der Waals surface area contributed by atoms with Crippen LogP contribution in [0.1, 0.15) is 23.2 Å². The highest BCUT2D eigenvalue weighted by atomic mass is 16.5. The summed E-state index contributed by atoms with van der Waals surface area (Å²) in [6.45, 7) is 3.94. The molecule has 6 heteroatoms. The van der Waals surface area contributed by atoms with Gasteiger partial charge in [-0.3, -0.25) is 19.7 Å². The molecular weight excluding hydrogens is 272 g/mol. The zero-order chi connectivity index (χ0) is 15.2. The molecule has 0 spiro atoms. The zero-order valence-electron chi connectivity index (χ0n) is 11.4. The molecule has 21 heavy (non-hydrogen) atoms. The van der Waals surface area contributed by atoms with Gasteiger partial charge in [0.2, 0.25) is 11.8 Å². The Morgan fingerprint density at radius 3 is 2.71 bits per heavy atom. The Balaban J connectivity index is 1.95. The lowest BCUT2D eigenvalue weighted by Crippen LogP contribution is -2.52. The second kappa shape index (κ2) is 6.69. The van der Waals surface area contributed by atoms with E-state index in [1.165, 1.54) is 0 Å². The molecule has 0 aromatic heterocycles. The largest absolute Gasteiger partial charge is 0.490 e. The predicted octanol–water partition coefficient (Wildman–Crippen LogP) is 0.786. The van der Waals surface area contributed by atoms with Gasteiger partial charge in [-0.05, 0) is 30.7 Å². The number of rotatable bonds is 5. The fourth-order valence-electron chi connectivity index (χ4n) is 1.93. The molecule has 0 aliphatic carbocycles. The molecule has 0 bridgehead atoms. The van der Waals surface area contributed by atoms with Crippen molar-refractivity contribution in [1.82, 2.24) is 10.6 Å². The standard InChI is InChI=1S/C15H16N2O4/c1-2-9-21-11-5-3-10(4-6-11)14(19)16-12-7-8-13(18)17-15(12)20/h2-6,12H,1,7-9H2,(H,16,19)(H,17,18,20). The molecule has 1 fully saturated rings. The smallest absolute Gasteiger partial charge is 0.251 e. The second-order valence-corrected chi connectivity index (χ2v) is 4.60. The van der Waals surface area contributed by atoms with E-state index in [1.54, 1.807) is 30.3 Å². The lowest BCUT2D eigenvalue weighted by atomic mass is 10.1. The molecule has 3 amide bonds. The van der Waals surface area contributed by atoms with E-state index in [-0.39, 0.29) is 18.2 Å². The lowest BCUT2D eigenvalue weighted by Gasteiger charge is -2.21. The molecule has 1 aromatic carbocycles. The van der Waals surface area contributed by atoms with Crippen molar-refractivity contribution in [2.24, 2.45) is 0 Å². The minimum Gasteiger partial charge on any atom is -0.490 e. The quantitative estimate of drug-likeness (QED) is 0.619. The maximum absolute atomic E-state index is 12.0. The van der Waals surface area contributed by atoms with Gasteiger partial charge in [-0.1, -0.05) is 12.7 Å². The number of hydrogen-bond acceptors (Lipinski definition) is 4.